The van der Waals surface area contributed by atoms with E-state index in [4.69, 9.17) is 11.5 Å². The van der Waals surface area contributed by atoms with Crippen molar-refractivity contribution in [2.45, 2.75) is 170 Å². The number of carboxylic acid groups (broad SMARTS) is 1. The molecule has 10 amide bonds. The summed E-state index contributed by atoms with van der Waals surface area (Å²) in [5.41, 5.74) is 16.5. The Bertz CT molecular complexity index is 3920. The summed E-state index contributed by atoms with van der Waals surface area (Å²) in [6.07, 6.45) is -2.01. The molecule has 13 unspecified atom stereocenters. The molecule has 0 radical (unpaired) electrons. The van der Waals surface area contributed by atoms with Gasteiger partial charge in [-0.15, -0.1) is 0 Å². The minimum atomic E-state index is -1.90. The third kappa shape index (κ3) is 25.5. The van der Waals surface area contributed by atoms with Crippen LogP contribution in [0.2, 0.25) is 0 Å². The van der Waals surface area contributed by atoms with Gasteiger partial charge in [-0.2, -0.15) is 0 Å². The lowest BCUT2D eigenvalue weighted by Gasteiger charge is -2.32. The summed E-state index contributed by atoms with van der Waals surface area (Å²) in [7, 11) is 2.92. The highest BCUT2D eigenvalue weighted by molar-refractivity contribution is 8.76. The number of carboxylic acids is 1. The number of aliphatic hydroxyl groups is 3. The number of aromatic nitrogens is 1. The lowest BCUT2D eigenvalue weighted by atomic mass is 9.99. The highest BCUT2D eigenvalue weighted by atomic mass is 33.1. The number of likely N-dealkylation sites (N-methyl/N-ethyl adjacent to an activating group) is 1. The van der Waals surface area contributed by atoms with Gasteiger partial charge in [0, 0.05) is 80.3 Å². The molecule has 1 aromatic heterocycles. The largest absolute Gasteiger partial charge is 0.480 e. The van der Waals surface area contributed by atoms with Crippen molar-refractivity contribution in [2.75, 3.05) is 31.7 Å². The second kappa shape index (κ2) is 41.8. The average molecular weight is 1500 g/mol. The van der Waals surface area contributed by atoms with Crippen LogP contribution in [0.3, 0.4) is 0 Å². The Morgan fingerprint density at radius 3 is 1.39 bits per heavy atom. The van der Waals surface area contributed by atoms with Crippen molar-refractivity contribution >= 4 is 97.5 Å². The molecule has 13 atom stereocenters. The van der Waals surface area contributed by atoms with Gasteiger partial charge in [-0.25, -0.2) is 4.79 Å². The second-order valence-electron chi connectivity index (χ2n) is 26.5. The zero-order chi connectivity index (χ0) is 77.0. The first kappa shape index (κ1) is 83.5. The molecule has 19 N–H and O–H groups in total. The normalized spacial score (nSPS) is 23.8. The standard InChI is InChI=1S/C75H98N14O15S2/c1-43(2)78-38-50-30-28-49(29-31-50)36-58-70(98)87-63(44(3)91)73(101)85-59(35-48-23-13-8-14-24-48)71(99)88-64(45(4)92)74(102)89(5)62(40-90)72(100)86-61(75(103)104)42-106-105-41-53(77)65(93)80-55(27-17-18-32-76)66(94)81-56(33-46-19-9-6-10-20-46)67(95)82-57(34-47-21-11-7-12-22-47)68(96)84-60(69(97)83-58)37-51-39-79-54-26-16-15-25-52(51)54/h6-16,19-26,28-31,39,43-45,53,55-64,78-79,90-92H,17-18,27,32-38,40-42,76-77H2,1-5H3,(H,80,93)(H,81,94)(H,82,95)(H,83,97)(H,84,96)(H,85,101)(H,86,100)(H,87,98)(H,88,99)(H,103,104). The number of aliphatic hydroxyl groups excluding tert-OH is 3. The van der Waals surface area contributed by atoms with E-state index < -0.39 is 150 Å². The molecule has 0 spiro atoms. The summed E-state index contributed by atoms with van der Waals surface area (Å²) in [5.74, 6) is -11.8. The molecule has 5 aromatic carbocycles. The molecule has 1 saturated heterocycles. The van der Waals surface area contributed by atoms with Gasteiger partial charge in [0.2, 0.25) is 59.1 Å². The van der Waals surface area contributed by atoms with Crippen molar-refractivity contribution in [1.29, 1.82) is 0 Å². The number of nitrogens with one attached hydrogen (secondary N) is 11. The van der Waals surface area contributed by atoms with E-state index in [1.165, 1.54) is 6.92 Å². The minimum Gasteiger partial charge on any atom is -0.480 e. The predicted octanol–water partition coefficient (Wildman–Crippen LogP) is 0.0592. The van der Waals surface area contributed by atoms with Crippen molar-refractivity contribution in [3.8, 4) is 0 Å². The van der Waals surface area contributed by atoms with Crippen molar-refractivity contribution < 1.29 is 73.2 Å². The van der Waals surface area contributed by atoms with Crippen LogP contribution in [0.5, 0.6) is 0 Å². The minimum absolute atomic E-state index is 0.0303. The number of aromatic amines is 1. The molecular weight excluding hydrogens is 1400 g/mol. The summed E-state index contributed by atoms with van der Waals surface area (Å²) in [6.45, 7) is 5.97. The number of hydrogen-bond acceptors (Lipinski definition) is 19. The summed E-state index contributed by atoms with van der Waals surface area (Å²) in [5, 5.41) is 71.4. The monoisotopic (exact) mass is 1500 g/mol. The van der Waals surface area contributed by atoms with Gasteiger partial charge >= 0.3 is 5.97 Å². The van der Waals surface area contributed by atoms with Crippen LogP contribution >= 0.6 is 21.6 Å². The summed E-state index contributed by atoms with van der Waals surface area (Å²) < 4.78 is 0. The Morgan fingerprint density at radius 1 is 0.500 bits per heavy atom. The Kier molecular flexibility index (Phi) is 33.0. The number of carbonyl (C=O) groups excluding carboxylic acids is 10. The van der Waals surface area contributed by atoms with Crippen LogP contribution in [0.15, 0.2) is 146 Å². The van der Waals surface area contributed by atoms with Gasteiger partial charge in [0.25, 0.3) is 0 Å². The first-order valence-electron chi connectivity index (χ1n) is 35.1. The Labute approximate surface area is 623 Å². The van der Waals surface area contributed by atoms with Gasteiger partial charge in [0.05, 0.1) is 24.9 Å². The molecule has 6 aromatic rings. The number of fused-ring (bicyclic) bond motifs is 1. The molecule has 1 fully saturated rings. The summed E-state index contributed by atoms with van der Waals surface area (Å²) >= 11 is 0. The van der Waals surface area contributed by atoms with Crippen molar-refractivity contribution in [3.63, 3.8) is 0 Å². The fourth-order valence-corrected chi connectivity index (χ4v) is 13.9. The van der Waals surface area contributed by atoms with Crippen LogP contribution < -0.4 is 64.6 Å². The van der Waals surface area contributed by atoms with Crippen LogP contribution in [-0.2, 0) is 91.4 Å². The van der Waals surface area contributed by atoms with Crippen LogP contribution in [0.25, 0.3) is 10.9 Å². The molecule has 106 heavy (non-hydrogen) atoms. The molecule has 1 aliphatic rings. The smallest absolute Gasteiger partial charge is 0.327 e. The van der Waals surface area contributed by atoms with E-state index in [0.717, 1.165) is 41.1 Å². The van der Waals surface area contributed by atoms with E-state index in [0.29, 0.717) is 63.0 Å². The lowest BCUT2D eigenvalue weighted by Crippen LogP contribution is -2.63. The zero-order valence-corrected chi connectivity index (χ0v) is 61.5. The van der Waals surface area contributed by atoms with Crippen molar-refractivity contribution in [1.82, 2.24) is 63.1 Å². The van der Waals surface area contributed by atoms with E-state index in [1.807, 2.05) is 38.1 Å². The molecule has 0 saturated carbocycles. The Morgan fingerprint density at radius 2 is 0.915 bits per heavy atom. The topological polar surface area (TPSA) is 460 Å². The average Bonchev–Trinajstić information content (AvgIpc) is 1.66. The van der Waals surface area contributed by atoms with Gasteiger partial charge in [-0.3, -0.25) is 47.9 Å². The third-order valence-electron chi connectivity index (χ3n) is 17.8. The zero-order valence-electron chi connectivity index (χ0n) is 59.8. The molecule has 0 bridgehead atoms. The number of rotatable bonds is 21. The number of carbonyl (C=O) groups is 11. The quantitative estimate of drug-likeness (QED) is 0.0335. The maximum absolute atomic E-state index is 15.6. The second-order valence-corrected chi connectivity index (χ2v) is 29.1. The molecule has 7 rings (SSSR count). The third-order valence-corrected chi connectivity index (χ3v) is 20.2. The predicted molar refractivity (Wildman–Crippen MR) is 402 cm³/mol. The number of nitrogens with two attached hydrogens (primary N) is 2. The molecule has 2 heterocycles. The number of nitrogens with zero attached hydrogens (tertiary/aromatic N) is 1. The van der Waals surface area contributed by atoms with E-state index in [9.17, 15) is 54.0 Å². The summed E-state index contributed by atoms with van der Waals surface area (Å²) in [6, 6.07) is 22.5. The van der Waals surface area contributed by atoms with Gasteiger partial charge < -0.3 is 94.9 Å². The number of H-pyrrole nitrogens is 1. The van der Waals surface area contributed by atoms with Crippen LogP contribution in [-0.4, -0.2) is 212 Å². The van der Waals surface area contributed by atoms with Gasteiger partial charge in [-0.1, -0.05) is 169 Å². The Balaban J connectivity index is 1.32. The molecule has 1 aliphatic heterocycles. The van der Waals surface area contributed by atoms with Gasteiger partial charge in [-0.05, 0) is 79.1 Å². The van der Waals surface area contributed by atoms with E-state index in [1.54, 1.807) is 121 Å². The number of unbranched alkanes of at least 4 members (excludes halogenated alkanes) is 1. The fraction of sp³-hybridized carbons (Fsp3) is 0.427. The fourth-order valence-electron chi connectivity index (χ4n) is 11.7. The number of hydrogen-bond donors (Lipinski definition) is 17. The van der Waals surface area contributed by atoms with E-state index >= 15 is 19.2 Å². The number of para-hydroxylation sites is 1. The van der Waals surface area contributed by atoms with Gasteiger partial charge in [0.1, 0.15) is 60.4 Å². The lowest BCUT2D eigenvalue weighted by molar-refractivity contribution is -0.147. The van der Waals surface area contributed by atoms with Gasteiger partial charge in [0.15, 0.2) is 0 Å². The number of amides is 10. The van der Waals surface area contributed by atoms with Crippen LogP contribution in [0.4, 0.5) is 0 Å². The van der Waals surface area contributed by atoms with Crippen LogP contribution in [0.1, 0.15) is 80.3 Å². The highest BCUT2D eigenvalue weighted by Crippen LogP contribution is 2.24. The SMILES string of the molecule is CC(C)NCc1ccc(CC2NC(=O)C(Cc3c[nH]c4ccccc34)NC(=O)C(Cc3ccccc3)NC(=O)C(Cc3ccccc3)NC(=O)C(CCCCN)NC(=O)C(N)CSSCC(C(=O)O)NC(=O)C(CO)N(C)C(=O)C(C(C)O)NC(=O)C(Cc3ccccc3)NC(=O)C(C(C)O)NC2=O)cc1. The highest BCUT2D eigenvalue weighted by Gasteiger charge is 2.40. The molecule has 31 heteroatoms. The van der Waals surface area contributed by atoms with Crippen molar-refractivity contribution in [2.24, 2.45) is 11.5 Å². The van der Waals surface area contributed by atoms with Crippen LogP contribution in [0, 0.1) is 0 Å². The maximum Gasteiger partial charge on any atom is 0.327 e. The molecule has 29 nitrogen and oxygen atoms in total. The first-order valence-corrected chi connectivity index (χ1v) is 37.6. The number of aliphatic carboxylic acids is 1. The summed E-state index contributed by atoms with van der Waals surface area (Å²) in [4.78, 5) is 164. The van der Waals surface area contributed by atoms with E-state index in [-0.39, 0.29) is 62.6 Å². The molecule has 0 aliphatic carbocycles. The Hall–Kier alpha value is -9.73. The molecule has 570 valence electrons. The molecular formula is C75H98N14O15S2. The van der Waals surface area contributed by atoms with E-state index in [2.05, 4.69) is 58.2 Å². The first-order chi connectivity index (χ1) is 50.7. The maximum atomic E-state index is 15.6. The van der Waals surface area contributed by atoms with Crippen molar-refractivity contribution in [3.05, 3.63) is 179 Å². The number of benzene rings is 5.